The summed E-state index contributed by atoms with van der Waals surface area (Å²) < 4.78 is 9.66. The molecule has 0 saturated carbocycles. The molecule has 0 N–H and O–H groups in total. The highest BCUT2D eigenvalue weighted by Crippen LogP contribution is 2.29. The van der Waals surface area contributed by atoms with Crippen LogP contribution in [0.1, 0.15) is 162 Å². The van der Waals surface area contributed by atoms with Crippen LogP contribution in [0, 0.1) is 5.92 Å². The Labute approximate surface area is 248 Å². The van der Waals surface area contributed by atoms with Gasteiger partial charge < -0.3 is 9.47 Å². The van der Waals surface area contributed by atoms with Crippen LogP contribution in [0.2, 0.25) is 0 Å². The molecule has 0 rings (SSSR count). The molecule has 0 aromatic heterocycles. The van der Waals surface area contributed by atoms with E-state index in [4.69, 9.17) is 9.47 Å². The largest absolute Gasteiger partial charge is 0.468 e. The molecule has 1 unspecified atom stereocenters. The molecule has 0 bridgehead atoms. The van der Waals surface area contributed by atoms with Gasteiger partial charge in [-0.05, 0) is 83.0 Å². The molecule has 0 saturated heterocycles. The summed E-state index contributed by atoms with van der Waals surface area (Å²) in [4.78, 5) is 20.6. The van der Waals surface area contributed by atoms with Gasteiger partial charge in [0.25, 0.3) is 12.9 Å². The minimum Gasteiger partial charge on any atom is -0.468 e. The maximum Gasteiger partial charge on any atom is 0.293 e. The van der Waals surface area contributed by atoms with Crippen molar-refractivity contribution in [3.63, 3.8) is 0 Å². The Morgan fingerprint density at radius 2 is 1.07 bits per heavy atom. The van der Waals surface area contributed by atoms with E-state index in [0.717, 1.165) is 32.1 Å². The monoisotopic (exact) mass is 560 g/mol. The van der Waals surface area contributed by atoms with E-state index >= 15 is 0 Å². The first-order valence-electron chi connectivity index (χ1n) is 16.9. The van der Waals surface area contributed by atoms with Crippen molar-refractivity contribution in [2.24, 2.45) is 5.92 Å². The first-order chi connectivity index (χ1) is 19.8. The Kier molecular flexibility index (Phi) is 31.8. The standard InChI is InChI=1S/C36H64O4/c1-3-5-7-9-11-15-21-27-35(29-23-17-13-19-25-31-39-33-37)36(28-22-16-12-10-8-6-4-2)30-24-18-14-20-26-32-40-34-38/h11-12,15-16,27,33-34,36H,3-10,13-14,17-26,28-32H2,1-2H3/b15-11+,16-12+,35-27-. The van der Waals surface area contributed by atoms with Crippen molar-refractivity contribution >= 4 is 12.9 Å². The summed E-state index contributed by atoms with van der Waals surface area (Å²) in [6.07, 6.45) is 40.1. The second-order valence-electron chi connectivity index (χ2n) is 11.2. The van der Waals surface area contributed by atoms with Gasteiger partial charge in [-0.3, -0.25) is 9.59 Å². The molecule has 0 radical (unpaired) electrons. The van der Waals surface area contributed by atoms with Crippen molar-refractivity contribution < 1.29 is 19.1 Å². The highest BCUT2D eigenvalue weighted by atomic mass is 16.5. The van der Waals surface area contributed by atoms with Gasteiger partial charge in [-0.15, -0.1) is 0 Å². The molecule has 0 heterocycles. The van der Waals surface area contributed by atoms with E-state index in [1.54, 1.807) is 5.57 Å². The van der Waals surface area contributed by atoms with Crippen LogP contribution in [-0.2, 0) is 19.1 Å². The number of unbranched alkanes of at least 4 members (excludes halogenated alkanes) is 14. The topological polar surface area (TPSA) is 52.6 Å². The van der Waals surface area contributed by atoms with Crippen LogP contribution in [0.3, 0.4) is 0 Å². The average Bonchev–Trinajstić information content (AvgIpc) is 2.96. The van der Waals surface area contributed by atoms with Crippen molar-refractivity contribution in [1.29, 1.82) is 0 Å². The van der Waals surface area contributed by atoms with E-state index in [2.05, 4.69) is 44.2 Å². The zero-order valence-electron chi connectivity index (χ0n) is 26.4. The van der Waals surface area contributed by atoms with Gasteiger partial charge in [0, 0.05) is 0 Å². The Morgan fingerprint density at radius 1 is 0.550 bits per heavy atom. The van der Waals surface area contributed by atoms with Crippen LogP contribution in [0.4, 0.5) is 0 Å². The molecule has 4 heteroatoms. The molecule has 0 aliphatic rings. The van der Waals surface area contributed by atoms with Gasteiger partial charge in [-0.1, -0.05) is 120 Å². The van der Waals surface area contributed by atoms with E-state index in [1.165, 1.54) is 116 Å². The summed E-state index contributed by atoms with van der Waals surface area (Å²) >= 11 is 0. The number of carbonyl (C=O) groups is 2. The van der Waals surface area contributed by atoms with Gasteiger partial charge in [0.2, 0.25) is 0 Å². The van der Waals surface area contributed by atoms with Gasteiger partial charge in [-0.2, -0.15) is 0 Å². The molecular formula is C36H64O4. The average molecular weight is 561 g/mol. The molecule has 0 amide bonds. The molecule has 4 nitrogen and oxygen atoms in total. The summed E-state index contributed by atoms with van der Waals surface area (Å²) in [6.45, 7) is 6.75. The van der Waals surface area contributed by atoms with Crippen LogP contribution in [-0.4, -0.2) is 26.2 Å². The molecule has 0 spiro atoms. The molecule has 0 aromatic carbocycles. The second kappa shape index (κ2) is 33.4. The van der Waals surface area contributed by atoms with Crippen LogP contribution in [0.5, 0.6) is 0 Å². The molecule has 0 aliphatic carbocycles. The molecule has 0 aliphatic heterocycles. The number of carbonyl (C=O) groups excluding carboxylic acids is 2. The Morgan fingerprint density at radius 3 is 1.68 bits per heavy atom. The second-order valence-corrected chi connectivity index (χ2v) is 11.2. The summed E-state index contributed by atoms with van der Waals surface area (Å²) in [6, 6.07) is 0. The maximum atomic E-state index is 10.3. The number of allylic oxidation sites excluding steroid dienone is 6. The van der Waals surface area contributed by atoms with E-state index in [0.29, 0.717) is 32.1 Å². The number of ether oxygens (including phenoxy) is 2. The third kappa shape index (κ3) is 27.7. The number of hydrogen-bond acceptors (Lipinski definition) is 4. The Balaban J connectivity index is 5.00. The van der Waals surface area contributed by atoms with Gasteiger partial charge in [0.15, 0.2) is 0 Å². The van der Waals surface area contributed by atoms with Gasteiger partial charge in [0.05, 0.1) is 13.2 Å². The predicted octanol–water partition coefficient (Wildman–Crippen LogP) is 11.0. The van der Waals surface area contributed by atoms with Crippen molar-refractivity contribution in [3.05, 3.63) is 36.0 Å². The smallest absolute Gasteiger partial charge is 0.293 e. The van der Waals surface area contributed by atoms with Gasteiger partial charge in [-0.25, -0.2) is 0 Å². The SMILES string of the molecule is CCCCC/C=C/C/C=C(/CCCCCCCOC=O)C(CC/C=C/CCCCC)CCCCCCCOC=O. The zero-order valence-corrected chi connectivity index (χ0v) is 26.4. The van der Waals surface area contributed by atoms with Gasteiger partial charge >= 0.3 is 0 Å². The van der Waals surface area contributed by atoms with Gasteiger partial charge in [0.1, 0.15) is 0 Å². The Bertz CT molecular complexity index is 622. The quantitative estimate of drug-likeness (QED) is 0.0466. The highest BCUT2D eigenvalue weighted by Gasteiger charge is 2.13. The van der Waals surface area contributed by atoms with Crippen molar-refractivity contribution in [2.75, 3.05) is 13.2 Å². The van der Waals surface area contributed by atoms with Crippen LogP contribution in [0.25, 0.3) is 0 Å². The molecule has 0 aromatic rings. The number of hydrogen-bond donors (Lipinski definition) is 0. The molecule has 232 valence electrons. The number of rotatable bonds is 32. The first kappa shape index (κ1) is 38.2. The van der Waals surface area contributed by atoms with Crippen molar-refractivity contribution in [1.82, 2.24) is 0 Å². The first-order valence-corrected chi connectivity index (χ1v) is 16.9. The lowest BCUT2D eigenvalue weighted by atomic mass is 9.85. The highest BCUT2D eigenvalue weighted by molar-refractivity contribution is 5.37. The predicted molar refractivity (Wildman–Crippen MR) is 171 cm³/mol. The molecule has 1 atom stereocenters. The minimum absolute atomic E-state index is 0.553. The fourth-order valence-electron chi connectivity index (χ4n) is 5.23. The summed E-state index contributed by atoms with van der Waals surface area (Å²) in [7, 11) is 0. The lowest BCUT2D eigenvalue weighted by Crippen LogP contribution is -2.06. The minimum atomic E-state index is 0.553. The van der Waals surface area contributed by atoms with E-state index in [1.807, 2.05) is 0 Å². The lowest BCUT2D eigenvalue weighted by molar-refractivity contribution is -0.129. The summed E-state index contributed by atoms with van der Waals surface area (Å²) in [5.41, 5.74) is 1.68. The van der Waals surface area contributed by atoms with E-state index in [-0.39, 0.29) is 0 Å². The van der Waals surface area contributed by atoms with E-state index < -0.39 is 0 Å². The summed E-state index contributed by atoms with van der Waals surface area (Å²) in [5.74, 6) is 0.674. The maximum absolute atomic E-state index is 10.3. The van der Waals surface area contributed by atoms with Crippen molar-refractivity contribution in [2.45, 2.75) is 162 Å². The van der Waals surface area contributed by atoms with Crippen LogP contribution < -0.4 is 0 Å². The zero-order chi connectivity index (χ0) is 29.2. The fourth-order valence-corrected chi connectivity index (χ4v) is 5.23. The fraction of sp³-hybridized carbons (Fsp3) is 0.778. The molecule has 0 fully saturated rings. The lowest BCUT2D eigenvalue weighted by Gasteiger charge is -2.21. The van der Waals surface area contributed by atoms with Crippen LogP contribution in [0.15, 0.2) is 36.0 Å². The normalized spacial score (nSPS) is 12.8. The molecular weight excluding hydrogens is 496 g/mol. The van der Waals surface area contributed by atoms with E-state index in [9.17, 15) is 9.59 Å². The third-order valence-electron chi connectivity index (χ3n) is 7.68. The van der Waals surface area contributed by atoms with Crippen molar-refractivity contribution in [3.8, 4) is 0 Å². The Hall–Kier alpha value is -1.84. The summed E-state index contributed by atoms with van der Waals surface area (Å²) in [5, 5.41) is 0. The van der Waals surface area contributed by atoms with Crippen LogP contribution >= 0.6 is 0 Å². The third-order valence-corrected chi connectivity index (χ3v) is 7.68. The molecule has 40 heavy (non-hydrogen) atoms.